The fourth-order valence-electron chi connectivity index (χ4n) is 0.603. The highest BCUT2D eigenvalue weighted by Crippen LogP contribution is 2.11. The van der Waals surface area contributed by atoms with E-state index in [0.29, 0.717) is 18.8 Å². The molecule has 10 heavy (non-hydrogen) atoms. The van der Waals surface area contributed by atoms with Crippen LogP contribution in [0.1, 0.15) is 20.3 Å². The molecule has 0 bridgehead atoms. The standard InChI is InChI=1S/C8H14O2/c1-4-10-8(3)7(2)5-6-9/h6-7H,3-5H2,1-2H3. The van der Waals surface area contributed by atoms with Gasteiger partial charge in [0.25, 0.3) is 0 Å². The van der Waals surface area contributed by atoms with Crippen LogP contribution in [0.4, 0.5) is 0 Å². The van der Waals surface area contributed by atoms with Crippen molar-refractivity contribution in [1.82, 2.24) is 0 Å². The first-order valence-electron chi connectivity index (χ1n) is 3.47. The highest BCUT2D eigenvalue weighted by molar-refractivity contribution is 5.50. The molecule has 0 aliphatic rings. The number of ether oxygens (including phenoxy) is 1. The number of allylic oxidation sites excluding steroid dienone is 1. The van der Waals surface area contributed by atoms with Gasteiger partial charge in [-0.2, -0.15) is 0 Å². The summed E-state index contributed by atoms with van der Waals surface area (Å²) in [5.41, 5.74) is 0. The summed E-state index contributed by atoms with van der Waals surface area (Å²) in [6.45, 7) is 8.13. The Labute approximate surface area is 61.9 Å². The van der Waals surface area contributed by atoms with Crippen molar-refractivity contribution in [3.8, 4) is 0 Å². The molecule has 0 rings (SSSR count). The van der Waals surface area contributed by atoms with Crippen molar-refractivity contribution in [3.63, 3.8) is 0 Å². The van der Waals surface area contributed by atoms with Gasteiger partial charge in [0.15, 0.2) is 0 Å². The fourth-order valence-corrected chi connectivity index (χ4v) is 0.603. The van der Waals surface area contributed by atoms with Crippen LogP contribution in [0.25, 0.3) is 0 Å². The summed E-state index contributed by atoms with van der Waals surface area (Å²) in [4.78, 5) is 10.0. The maximum absolute atomic E-state index is 10.0. The van der Waals surface area contributed by atoms with Crippen molar-refractivity contribution in [2.24, 2.45) is 5.92 Å². The third-order valence-electron chi connectivity index (χ3n) is 1.33. The van der Waals surface area contributed by atoms with E-state index in [1.54, 1.807) is 0 Å². The number of hydrogen-bond donors (Lipinski definition) is 0. The van der Waals surface area contributed by atoms with Crippen molar-refractivity contribution < 1.29 is 9.53 Å². The Bertz CT molecular complexity index is 118. The second-order valence-corrected chi connectivity index (χ2v) is 2.20. The number of rotatable bonds is 5. The van der Waals surface area contributed by atoms with Crippen molar-refractivity contribution >= 4 is 6.29 Å². The molecule has 0 radical (unpaired) electrons. The zero-order valence-corrected chi connectivity index (χ0v) is 6.59. The zero-order valence-electron chi connectivity index (χ0n) is 6.59. The molecular formula is C8H14O2. The minimum atomic E-state index is 0.150. The Morgan fingerprint density at radius 2 is 2.40 bits per heavy atom. The highest BCUT2D eigenvalue weighted by atomic mass is 16.5. The van der Waals surface area contributed by atoms with Crippen molar-refractivity contribution in [3.05, 3.63) is 12.3 Å². The molecule has 58 valence electrons. The van der Waals surface area contributed by atoms with Crippen LogP contribution in [-0.2, 0) is 9.53 Å². The van der Waals surface area contributed by atoms with Crippen molar-refractivity contribution in [2.45, 2.75) is 20.3 Å². The third kappa shape index (κ3) is 3.28. The summed E-state index contributed by atoms with van der Waals surface area (Å²) < 4.78 is 5.10. The van der Waals surface area contributed by atoms with Gasteiger partial charge in [0.2, 0.25) is 0 Å². The van der Waals surface area contributed by atoms with E-state index in [1.807, 2.05) is 13.8 Å². The van der Waals surface area contributed by atoms with Gasteiger partial charge in [-0.05, 0) is 6.92 Å². The first kappa shape index (κ1) is 9.21. The summed E-state index contributed by atoms with van der Waals surface area (Å²) in [5, 5.41) is 0. The lowest BCUT2D eigenvalue weighted by Gasteiger charge is -2.11. The molecule has 0 spiro atoms. The Kier molecular flexibility index (Phi) is 4.63. The summed E-state index contributed by atoms with van der Waals surface area (Å²) in [7, 11) is 0. The Balaban J connectivity index is 3.58. The van der Waals surface area contributed by atoms with Gasteiger partial charge < -0.3 is 9.53 Å². The van der Waals surface area contributed by atoms with Gasteiger partial charge in [-0.15, -0.1) is 0 Å². The van der Waals surface area contributed by atoms with Gasteiger partial charge >= 0.3 is 0 Å². The van der Waals surface area contributed by atoms with Crippen LogP contribution in [0, 0.1) is 5.92 Å². The van der Waals surface area contributed by atoms with E-state index in [4.69, 9.17) is 4.74 Å². The van der Waals surface area contributed by atoms with E-state index in [9.17, 15) is 4.79 Å². The topological polar surface area (TPSA) is 26.3 Å². The van der Waals surface area contributed by atoms with Gasteiger partial charge in [-0.1, -0.05) is 13.5 Å². The SMILES string of the molecule is C=C(OCC)C(C)CC=O. The van der Waals surface area contributed by atoms with Crippen LogP contribution < -0.4 is 0 Å². The molecule has 0 aromatic carbocycles. The number of carbonyl (C=O) groups is 1. The van der Waals surface area contributed by atoms with Gasteiger partial charge in [-0.25, -0.2) is 0 Å². The average molecular weight is 142 g/mol. The van der Waals surface area contributed by atoms with Crippen LogP contribution in [0.3, 0.4) is 0 Å². The molecule has 0 fully saturated rings. The quantitative estimate of drug-likeness (QED) is 0.432. The van der Waals surface area contributed by atoms with Crippen molar-refractivity contribution in [2.75, 3.05) is 6.61 Å². The van der Waals surface area contributed by atoms with Gasteiger partial charge in [0.05, 0.1) is 12.4 Å². The normalized spacial score (nSPS) is 12.2. The molecule has 0 aliphatic heterocycles. The first-order valence-corrected chi connectivity index (χ1v) is 3.47. The molecule has 0 N–H and O–H groups in total. The lowest BCUT2D eigenvalue weighted by molar-refractivity contribution is -0.108. The second kappa shape index (κ2) is 5.03. The second-order valence-electron chi connectivity index (χ2n) is 2.20. The summed E-state index contributed by atoms with van der Waals surface area (Å²) in [6, 6.07) is 0. The fraction of sp³-hybridized carbons (Fsp3) is 0.625. The van der Waals surface area contributed by atoms with Gasteiger partial charge in [0.1, 0.15) is 6.29 Å². The molecule has 0 heterocycles. The maximum Gasteiger partial charge on any atom is 0.120 e. The molecule has 2 heteroatoms. The molecule has 1 atom stereocenters. The van der Waals surface area contributed by atoms with Crippen LogP contribution >= 0.6 is 0 Å². The molecule has 0 saturated heterocycles. The number of hydrogen-bond acceptors (Lipinski definition) is 2. The maximum atomic E-state index is 10.0. The van der Waals surface area contributed by atoms with Crippen LogP contribution in [-0.4, -0.2) is 12.9 Å². The monoisotopic (exact) mass is 142 g/mol. The molecule has 0 aliphatic carbocycles. The van der Waals surface area contributed by atoms with Crippen LogP contribution in [0.2, 0.25) is 0 Å². The molecule has 0 amide bonds. The Morgan fingerprint density at radius 3 is 2.80 bits per heavy atom. The lowest BCUT2D eigenvalue weighted by Crippen LogP contribution is -2.02. The summed E-state index contributed by atoms with van der Waals surface area (Å²) in [5.74, 6) is 0.854. The summed E-state index contributed by atoms with van der Waals surface area (Å²) >= 11 is 0. The molecule has 0 aromatic rings. The number of carbonyl (C=O) groups excluding carboxylic acids is 1. The Morgan fingerprint density at radius 1 is 1.80 bits per heavy atom. The molecule has 2 nitrogen and oxygen atoms in total. The molecule has 1 unspecified atom stereocenters. The predicted octanol–water partition coefficient (Wildman–Crippen LogP) is 1.76. The summed E-state index contributed by atoms with van der Waals surface area (Å²) in [6.07, 6.45) is 1.38. The van der Waals surface area contributed by atoms with Crippen molar-refractivity contribution in [1.29, 1.82) is 0 Å². The minimum Gasteiger partial charge on any atom is -0.499 e. The van der Waals surface area contributed by atoms with E-state index in [-0.39, 0.29) is 5.92 Å². The van der Waals surface area contributed by atoms with Gasteiger partial charge in [0, 0.05) is 12.3 Å². The first-order chi connectivity index (χ1) is 4.72. The van der Waals surface area contributed by atoms with Crippen LogP contribution in [0.15, 0.2) is 12.3 Å². The van der Waals surface area contributed by atoms with E-state index < -0.39 is 0 Å². The lowest BCUT2D eigenvalue weighted by atomic mass is 10.1. The smallest absolute Gasteiger partial charge is 0.120 e. The average Bonchev–Trinajstić information content (AvgIpc) is 1.89. The van der Waals surface area contributed by atoms with Gasteiger partial charge in [-0.3, -0.25) is 0 Å². The van der Waals surface area contributed by atoms with E-state index in [2.05, 4.69) is 6.58 Å². The minimum absolute atomic E-state index is 0.150. The molecular weight excluding hydrogens is 128 g/mol. The zero-order chi connectivity index (χ0) is 7.98. The van der Waals surface area contributed by atoms with Crippen LogP contribution in [0.5, 0.6) is 0 Å². The number of aldehydes is 1. The van der Waals surface area contributed by atoms with E-state index in [1.165, 1.54) is 0 Å². The predicted molar refractivity (Wildman–Crippen MR) is 40.6 cm³/mol. The third-order valence-corrected chi connectivity index (χ3v) is 1.33. The molecule has 0 saturated carbocycles. The van der Waals surface area contributed by atoms with E-state index in [0.717, 1.165) is 6.29 Å². The largest absolute Gasteiger partial charge is 0.499 e. The van der Waals surface area contributed by atoms with E-state index >= 15 is 0 Å². The highest BCUT2D eigenvalue weighted by Gasteiger charge is 2.05. The Hall–Kier alpha value is -0.790. The molecule has 0 aromatic heterocycles.